The standard InChI is InChI=1S/C14H19NO3/c1-14(2,18)9-15-7-6-11-10(8-15)4-3-5-12(11)13(16)17/h3-5,18H,6-9H2,1-2H3,(H,16,17). The van der Waals surface area contributed by atoms with Crippen LogP contribution in [0.2, 0.25) is 0 Å². The topological polar surface area (TPSA) is 60.8 Å². The van der Waals surface area contributed by atoms with E-state index in [2.05, 4.69) is 4.90 Å². The van der Waals surface area contributed by atoms with Crippen LogP contribution in [0, 0.1) is 0 Å². The van der Waals surface area contributed by atoms with Crippen LogP contribution in [0.4, 0.5) is 0 Å². The van der Waals surface area contributed by atoms with Crippen molar-refractivity contribution in [2.45, 2.75) is 32.4 Å². The van der Waals surface area contributed by atoms with Crippen LogP contribution in [0.25, 0.3) is 0 Å². The van der Waals surface area contributed by atoms with E-state index in [0.717, 1.165) is 24.1 Å². The molecule has 4 nitrogen and oxygen atoms in total. The first kappa shape index (κ1) is 13.1. The van der Waals surface area contributed by atoms with Crippen LogP contribution >= 0.6 is 0 Å². The van der Waals surface area contributed by atoms with Gasteiger partial charge in [-0.1, -0.05) is 12.1 Å². The minimum atomic E-state index is -0.859. The van der Waals surface area contributed by atoms with Gasteiger partial charge in [0.25, 0.3) is 0 Å². The molecule has 0 amide bonds. The van der Waals surface area contributed by atoms with Crippen molar-refractivity contribution >= 4 is 5.97 Å². The smallest absolute Gasteiger partial charge is 0.335 e. The van der Waals surface area contributed by atoms with Crippen molar-refractivity contribution < 1.29 is 15.0 Å². The lowest BCUT2D eigenvalue weighted by atomic mass is 9.94. The average molecular weight is 249 g/mol. The van der Waals surface area contributed by atoms with Crippen molar-refractivity contribution in [1.29, 1.82) is 0 Å². The summed E-state index contributed by atoms with van der Waals surface area (Å²) in [5.41, 5.74) is 1.69. The monoisotopic (exact) mass is 249 g/mol. The molecule has 0 unspecified atom stereocenters. The minimum absolute atomic E-state index is 0.412. The Morgan fingerprint density at radius 2 is 2.17 bits per heavy atom. The molecule has 0 saturated heterocycles. The normalized spacial score (nSPS) is 16.4. The van der Waals surface area contributed by atoms with Crippen molar-refractivity contribution in [3.8, 4) is 0 Å². The number of carbonyl (C=O) groups is 1. The Kier molecular flexibility index (Phi) is 3.41. The molecular formula is C14H19NO3. The largest absolute Gasteiger partial charge is 0.478 e. The van der Waals surface area contributed by atoms with Gasteiger partial charge in [0, 0.05) is 19.6 Å². The van der Waals surface area contributed by atoms with E-state index in [4.69, 9.17) is 5.11 Å². The number of rotatable bonds is 3. The summed E-state index contributed by atoms with van der Waals surface area (Å²) >= 11 is 0. The summed E-state index contributed by atoms with van der Waals surface area (Å²) in [4.78, 5) is 13.3. The van der Waals surface area contributed by atoms with Gasteiger partial charge in [-0.15, -0.1) is 0 Å². The fourth-order valence-electron chi connectivity index (χ4n) is 2.55. The van der Waals surface area contributed by atoms with E-state index in [0.29, 0.717) is 18.7 Å². The van der Waals surface area contributed by atoms with E-state index in [1.807, 2.05) is 6.07 Å². The molecule has 0 fully saturated rings. The molecule has 0 aromatic heterocycles. The van der Waals surface area contributed by atoms with Gasteiger partial charge in [0.15, 0.2) is 0 Å². The molecule has 18 heavy (non-hydrogen) atoms. The maximum atomic E-state index is 11.1. The highest BCUT2D eigenvalue weighted by Crippen LogP contribution is 2.23. The highest BCUT2D eigenvalue weighted by atomic mass is 16.4. The van der Waals surface area contributed by atoms with Crippen LogP contribution in [0.1, 0.15) is 35.3 Å². The fourth-order valence-corrected chi connectivity index (χ4v) is 2.55. The zero-order valence-electron chi connectivity index (χ0n) is 10.8. The van der Waals surface area contributed by atoms with Gasteiger partial charge in [0.2, 0.25) is 0 Å². The van der Waals surface area contributed by atoms with Crippen LogP contribution in [-0.2, 0) is 13.0 Å². The number of aliphatic hydroxyl groups is 1. The number of nitrogens with zero attached hydrogens (tertiary/aromatic N) is 1. The second-order valence-electron chi connectivity index (χ2n) is 5.52. The Labute approximate surface area is 107 Å². The highest BCUT2D eigenvalue weighted by molar-refractivity contribution is 5.89. The minimum Gasteiger partial charge on any atom is -0.478 e. The SMILES string of the molecule is CC(C)(O)CN1CCc2c(cccc2C(=O)O)C1. The fraction of sp³-hybridized carbons (Fsp3) is 0.500. The van der Waals surface area contributed by atoms with Gasteiger partial charge in [-0.3, -0.25) is 4.90 Å². The number of β-amino-alcohol motifs (C(OH)–C–C–N with tert-alkyl or cyclic N) is 1. The van der Waals surface area contributed by atoms with E-state index in [9.17, 15) is 9.90 Å². The van der Waals surface area contributed by atoms with Gasteiger partial charge < -0.3 is 10.2 Å². The highest BCUT2D eigenvalue weighted by Gasteiger charge is 2.24. The van der Waals surface area contributed by atoms with E-state index in [-0.39, 0.29) is 0 Å². The molecule has 4 heteroatoms. The van der Waals surface area contributed by atoms with E-state index in [1.54, 1.807) is 26.0 Å². The van der Waals surface area contributed by atoms with Crippen LogP contribution < -0.4 is 0 Å². The number of benzene rings is 1. The summed E-state index contributed by atoms with van der Waals surface area (Å²) < 4.78 is 0. The molecular weight excluding hydrogens is 230 g/mol. The van der Waals surface area contributed by atoms with Gasteiger partial charge in [-0.2, -0.15) is 0 Å². The Balaban J connectivity index is 2.21. The summed E-state index contributed by atoms with van der Waals surface area (Å²) in [6.07, 6.45) is 0.730. The third-order valence-electron chi connectivity index (χ3n) is 3.19. The van der Waals surface area contributed by atoms with Gasteiger partial charge in [-0.05, 0) is 37.5 Å². The number of fused-ring (bicyclic) bond motifs is 1. The average Bonchev–Trinajstić information content (AvgIpc) is 2.25. The van der Waals surface area contributed by atoms with E-state index < -0.39 is 11.6 Å². The number of hydrogen-bond acceptors (Lipinski definition) is 3. The number of carboxylic acids is 1. The molecule has 0 bridgehead atoms. The first-order chi connectivity index (χ1) is 8.37. The number of carboxylic acid groups (broad SMARTS) is 1. The molecule has 1 aromatic rings. The Hall–Kier alpha value is -1.39. The lowest BCUT2D eigenvalue weighted by Gasteiger charge is -2.33. The predicted molar refractivity (Wildman–Crippen MR) is 68.7 cm³/mol. The Bertz CT molecular complexity index is 463. The molecule has 1 aromatic carbocycles. The van der Waals surface area contributed by atoms with Crippen molar-refractivity contribution in [3.63, 3.8) is 0 Å². The van der Waals surface area contributed by atoms with Crippen LogP contribution in [-0.4, -0.2) is 39.8 Å². The number of aromatic carboxylic acids is 1. The molecule has 2 rings (SSSR count). The van der Waals surface area contributed by atoms with Crippen LogP contribution in [0.3, 0.4) is 0 Å². The third kappa shape index (κ3) is 2.89. The number of hydrogen-bond donors (Lipinski definition) is 2. The van der Waals surface area contributed by atoms with Crippen molar-refractivity contribution in [2.24, 2.45) is 0 Å². The van der Waals surface area contributed by atoms with Gasteiger partial charge in [0.05, 0.1) is 11.2 Å². The third-order valence-corrected chi connectivity index (χ3v) is 3.19. The molecule has 0 spiro atoms. The molecule has 1 aliphatic heterocycles. The van der Waals surface area contributed by atoms with Crippen LogP contribution in [0.5, 0.6) is 0 Å². The summed E-state index contributed by atoms with van der Waals surface area (Å²) in [5.74, 6) is -0.859. The van der Waals surface area contributed by atoms with Crippen molar-refractivity contribution in [1.82, 2.24) is 4.90 Å². The molecule has 1 aliphatic rings. The maximum Gasteiger partial charge on any atom is 0.335 e. The molecule has 0 radical (unpaired) electrons. The Morgan fingerprint density at radius 3 is 2.78 bits per heavy atom. The molecule has 0 aliphatic carbocycles. The second kappa shape index (κ2) is 4.71. The second-order valence-corrected chi connectivity index (χ2v) is 5.52. The van der Waals surface area contributed by atoms with E-state index in [1.165, 1.54) is 0 Å². The molecule has 0 saturated carbocycles. The van der Waals surface area contributed by atoms with Gasteiger partial charge >= 0.3 is 5.97 Å². The van der Waals surface area contributed by atoms with Gasteiger partial charge in [0.1, 0.15) is 0 Å². The molecule has 0 atom stereocenters. The zero-order valence-corrected chi connectivity index (χ0v) is 10.8. The lowest BCUT2D eigenvalue weighted by Crippen LogP contribution is -2.41. The Morgan fingerprint density at radius 1 is 1.44 bits per heavy atom. The summed E-state index contributed by atoms with van der Waals surface area (Å²) in [6.45, 7) is 5.68. The first-order valence-corrected chi connectivity index (χ1v) is 6.15. The van der Waals surface area contributed by atoms with Crippen molar-refractivity contribution in [3.05, 3.63) is 34.9 Å². The lowest BCUT2D eigenvalue weighted by molar-refractivity contribution is 0.0315. The quantitative estimate of drug-likeness (QED) is 0.852. The molecule has 98 valence electrons. The zero-order chi connectivity index (χ0) is 13.3. The van der Waals surface area contributed by atoms with Crippen LogP contribution in [0.15, 0.2) is 18.2 Å². The van der Waals surface area contributed by atoms with E-state index >= 15 is 0 Å². The predicted octanol–water partition coefficient (Wildman–Crippen LogP) is 1.51. The molecule has 2 N–H and O–H groups in total. The summed E-state index contributed by atoms with van der Waals surface area (Å²) in [5, 5.41) is 19.0. The summed E-state index contributed by atoms with van der Waals surface area (Å²) in [6, 6.07) is 5.42. The molecule has 1 heterocycles. The van der Waals surface area contributed by atoms with Crippen molar-refractivity contribution in [2.75, 3.05) is 13.1 Å². The first-order valence-electron chi connectivity index (χ1n) is 6.15. The van der Waals surface area contributed by atoms with Gasteiger partial charge in [-0.25, -0.2) is 4.79 Å². The maximum absolute atomic E-state index is 11.1. The summed E-state index contributed by atoms with van der Waals surface area (Å²) in [7, 11) is 0.